The van der Waals surface area contributed by atoms with Gasteiger partial charge in [0, 0.05) is 5.56 Å². The Morgan fingerprint density at radius 1 is 1.19 bits per heavy atom. The van der Waals surface area contributed by atoms with Crippen molar-refractivity contribution in [2.45, 2.75) is 5.16 Å². The number of nitrogens with zero attached hydrogens (tertiary/aromatic N) is 4. The minimum Gasteiger partial charge on any atom is -0.467 e. The summed E-state index contributed by atoms with van der Waals surface area (Å²) < 4.78 is 64.5. The van der Waals surface area contributed by atoms with E-state index in [0.29, 0.717) is 0 Å². The number of fused-ring (bicyclic) bond motifs is 1. The molecule has 2 heterocycles. The molecule has 0 saturated carbocycles. The van der Waals surface area contributed by atoms with E-state index in [1.165, 1.54) is 18.2 Å². The Bertz CT molecular complexity index is 1150. The molecule has 0 aliphatic rings. The third-order valence-corrected chi connectivity index (χ3v) is 4.45. The number of carbonyl (C=O) groups is 1. The van der Waals surface area contributed by atoms with Gasteiger partial charge in [0.1, 0.15) is 5.82 Å². The number of hydrogen-bond acceptors (Lipinski definition) is 8. The lowest BCUT2D eigenvalue weighted by Gasteiger charge is -2.08. The maximum Gasteiger partial charge on any atom is 0.420 e. The third kappa shape index (κ3) is 3.23. The molecule has 142 valence electrons. The molecule has 3 aromatic rings. The van der Waals surface area contributed by atoms with Gasteiger partial charge < -0.3 is 9.47 Å². The predicted octanol–water partition coefficient (Wildman–Crippen LogP) is 1.12. The number of sulfonamides is 1. The van der Waals surface area contributed by atoms with Gasteiger partial charge in [0.25, 0.3) is 5.16 Å². The van der Waals surface area contributed by atoms with Gasteiger partial charge in [0.05, 0.1) is 19.8 Å². The normalized spacial score (nSPS) is 11.4. The van der Waals surface area contributed by atoms with Crippen molar-refractivity contribution in [2.24, 2.45) is 0 Å². The minimum absolute atomic E-state index is 0.215. The molecule has 2 aromatic heterocycles. The van der Waals surface area contributed by atoms with Crippen LogP contribution in [0.25, 0.3) is 16.8 Å². The van der Waals surface area contributed by atoms with E-state index in [4.69, 9.17) is 4.74 Å². The molecule has 0 atom stereocenters. The molecule has 10 nitrogen and oxygen atoms in total. The largest absolute Gasteiger partial charge is 0.467 e. The lowest BCUT2D eigenvalue weighted by molar-refractivity contribution is 0.177. The van der Waals surface area contributed by atoms with Crippen LogP contribution in [0.3, 0.4) is 0 Å². The summed E-state index contributed by atoms with van der Waals surface area (Å²) in [4.78, 5) is 18.4. The van der Waals surface area contributed by atoms with Gasteiger partial charge in [-0.2, -0.15) is 27.3 Å². The zero-order chi connectivity index (χ0) is 19.8. The topological polar surface area (TPSA) is 125 Å². The van der Waals surface area contributed by atoms with Crippen LogP contribution in [0.4, 0.5) is 13.6 Å². The summed E-state index contributed by atoms with van der Waals surface area (Å²) >= 11 is 0. The smallest absolute Gasteiger partial charge is 0.420 e. The Hall–Kier alpha value is -3.35. The van der Waals surface area contributed by atoms with Crippen LogP contribution in [0.15, 0.2) is 29.4 Å². The van der Waals surface area contributed by atoms with E-state index in [2.05, 4.69) is 19.8 Å². The van der Waals surface area contributed by atoms with Crippen molar-refractivity contribution in [1.29, 1.82) is 0 Å². The van der Waals surface area contributed by atoms with E-state index in [1.54, 1.807) is 4.72 Å². The highest BCUT2D eigenvalue weighted by Crippen LogP contribution is 2.30. The molecule has 1 N–H and O–H groups in total. The van der Waals surface area contributed by atoms with Crippen molar-refractivity contribution in [1.82, 2.24) is 24.3 Å². The zero-order valence-corrected chi connectivity index (χ0v) is 14.6. The summed E-state index contributed by atoms with van der Waals surface area (Å²) in [6, 6.07) is 4.76. The van der Waals surface area contributed by atoms with Crippen LogP contribution in [0, 0.1) is 11.8 Å². The van der Waals surface area contributed by atoms with Gasteiger partial charge in [-0.3, -0.25) is 0 Å². The van der Waals surface area contributed by atoms with E-state index in [0.717, 1.165) is 24.8 Å². The molecular formula is C14H11F2N5O5S. The number of rotatable bonds is 4. The maximum absolute atomic E-state index is 14.5. The number of benzene rings is 1. The first-order valence-corrected chi connectivity index (χ1v) is 8.62. The number of hydrogen-bond donors (Lipinski definition) is 1. The van der Waals surface area contributed by atoms with Crippen molar-refractivity contribution in [2.75, 3.05) is 14.2 Å². The number of carbonyl (C=O) groups excluding carboxylic acids is 1. The minimum atomic E-state index is -4.55. The van der Waals surface area contributed by atoms with Gasteiger partial charge in [0.15, 0.2) is 5.65 Å². The van der Waals surface area contributed by atoms with E-state index in [1.807, 2.05) is 0 Å². The molecular weight excluding hydrogens is 388 g/mol. The SMILES string of the molecule is COC(=O)NS(=O)(=O)c1nc2c(-c3ccccc3F)c(F)nc(OC)n2n1. The van der Waals surface area contributed by atoms with Crippen molar-refractivity contribution in [3.05, 3.63) is 36.0 Å². The van der Waals surface area contributed by atoms with Crippen molar-refractivity contribution in [3.8, 4) is 17.1 Å². The Morgan fingerprint density at radius 3 is 2.52 bits per heavy atom. The molecule has 0 radical (unpaired) electrons. The van der Waals surface area contributed by atoms with Crippen molar-refractivity contribution in [3.63, 3.8) is 0 Å². The van der Waals surface area contributed by atoms with E-state index in [-0.39, 0.29) is 11.2 Å². The fraction of sp³-hybridized carbons (Fsp3) is 0.143. The Labute approximate surface area is 150 Å². The average Bonchev–Trinajstić information content (AvgIpc) is 3.07. The van der Waals surface area contributed by atoms with Crippen molar-refractivity contribution >= 4 is 21.8 Å². The highest BCUT2D eigenvalue weighted by molar-refractivity contribution is 7.89. The summed E-state index contributed by atoms with van der Waals surface area (Å²) in [6.07, 6.45) is -1.28. The van der Waals surface area contributed by atoms with Gasteiger partial charge in [-0.15, -0.1) is 5.10 Å². The van der Waals surface area contributed by atoms with Gasteiger partial charge >= 0.3 is 22.1 Å². The molecule has 3 rings (SSSR count). The number of halogens is 2. The lowest BCUT2D eigenvalue weighted by atomic mass is 10.1. The first-order valence-electron chi connectivity index (χ1n) is 7.14. The van der Waals surface area contributed by atoms with Crippen LogP contribution in [-0.4, -0.2) is 48.3 Å². The molecule has 13 heteroatoms. The van der Waals surface area contributed by atoms with Crippen LogP contribution >= 0.6 is 0 Å². The van der Waals surface area contributed by atoms with Gasteiger partial charge in [-0.05, 0) is 6.07 Å². The van der Waals surface area contributed by atoms with Crippen LogP contribution in [-0.2, 0) is 14.8 Å². The van der Waals surface area contributed by atoms with E-state index in [9.17, 15) is 22.0 Å². The van der Waals surface area contributed by atoms with Crippen molar-refractivity contribution < 1.29 is 31.5 Å². The second-order valence-corrected chi connectivity index (χ2v) is 6.55. The quantitative estimate of drug-likeness (QED) is 0.647. The first-order chi connectivity index (χ1) is 12.8. The second kappa shape index (κ2) is 6.75. The summed E-state index contributed by atoms with van der Waals surface area (Å²) in [7, 11) is -2.44. The second-order valence-electron chi connectivity index (χ2n) is 4.97. The van der Waals surface area contributed by atoms with Crippen LogP contribution in [0.5, 0.6) is 6.01 Å². The molecule has 27 heavy (non-hydrogen) atoms. The Kier molecular flexibility index (Phi) is 4.61. The molecule has 1 amide bonds. The average molecular weight is 399 g/mol. The number of amides is 1. The van der Waals surface area contributed by atoms with E-state index >= 15 is 0 Å². The van der Waals surface area contributed by atoms with Crippen LogP contribution < -0.4 is 9.46 Å². The predicted molar refractivity (Wildman–Crippen MR) is 85.4 cm³/mol. The molecule has 0 saturated heterocycles. The fourth-order valence-electron chi connectivity index (χ4n) is 2.21. The summed E-state index contributed by atoms with van der Waals surface area (Å²) in [5.74, 6) is -1.94. The molecule has 1 aromatic carbocycles. The molecule has 0 aliphatic heterocycles. The molecule has 0 unspecified atom stereocenters. The van der Waals surface area contributed by atoms with Gasteiger partial charge in [-0.1, -0.05) is 18.2 Å². The first kappa shape index (κ1) is 18.4. The standard InChI is InChI=1S/C14H11F2N5O5S/c1-25-13-17-10(16)9(7-5-3-4-6-8(7)15)11-18-12(19-21(11)13)27(23,24)20-14(22)26-2/h3-6H,1-2H3,(H,20,22). The van der Waals surface area contributed by atoms with E-state index < -0.39 is 44.6 Å². The zero-order valence-electron chi connectivity index (χ0n) is 13.8. The third-order valence-electron chi connectivity index (χ3n) is 3.36. The number of ether oxygens (including phenoxy) is 2. The molecule has 0 fully saturated rings. The summed E-state index contributed by atoms with van der Waals surface area (Å²) in [5, 5.41) is 2.78. The molecule has 0 spiro atoms. The Balaban J connectivity index is 2.30. The summed E-state index contributed by atoms with van der Waals surface area (Å²) in [5.41, 5.74) is -1.02. The highest BCUT2D eigenvalue weighted by Gasteiger charge is 2.28. The number of nitrogens with one attached hydrogen (secondary N) is 1. The Morgan fingerprint density at radius 2 is 1.89 bits per heavy atom. The molecule has 0 bridgehead atoms. The van der Waals surface area contributed by atoms with Gasteiger partial charge in [0.2, 0.25) is 5.95 Å². The highest BCUT2D eigenvalue weighted by atomic mass is 32.2. The van der Waals surface area contributed by atoms with Crippen LogP contribution in [0.2, 0.25) is 0 Å². The lowest BCUT2D eigenvalue weighted by Crippen LogP contribution is -2.31. The summed E-state index contributed by atoms with van der Waals surface area (Å²) in [6.45, 7) is 0. The van der Waals surface area contributed by atoms with Gasteiger partial charge in [-0.25, -0.2) is 13.9 Å². The van der Waals surface area contributed by atoms with Crippen LogP contribution in [0.1, 0.15) is 0 Å². The molecule has 0 aliphatic carbocycles. The monoisotopic (exact) mass is 399 g/mol. The maximum atomic E-state index is 14.5. The number of methoxy groups -OCH3 is 2. The fourth-order valence-corrected chi connectivity index (χ4v) is 3.00. The number of aromatic nitrogens is 4.